The zero-order valence-corrected chi connectivity index (χ0v) is 15.1. The molecule has 0 aliphatic carbocycles. The average molecular weight is 354 g/mol. The maximum Gasteiger partial charge on any atom is 0.155 e. The first-order chi connectivity index (χ1) is 12.2. The summed E-state index contributed by atoms with van der Waals surface area (Å²) in [6.07, 6.45) is 15.5. The van der Waals surface area contributed by atoms with Crippen molar-refractivity contribution in [1.82, 2.24) is 24.1 Å². The lowest BCUT2D eigenvalue weighted by Crippen LogP contribution is -2.11. The third kappa shape index (κ3) is 3.12. The van der Waals surface area contributed by atoms with Gasteiger partial charge in [0.05, 0.1) is 30.8 Å². The van der Waals surface area contributed by atoms with E-state index in [0.717, 1.165) is 40.1 Å². The van der Waals surface area contributed by atoms with E-state index in [-0.39, 0.29) is 0 Å². The van der Waals surface area contributed by atoms with Crippen LogP contribution in [0.3, 0.4) is 0 Å². The summed E-state index contributed by atoms with van der Waals surface area (Å²) in [5, 5.41) is 2.17. The van der Waals surface area contributed by atoms with Crippen molar-refractivity contribution in [3.8, 4) is 5.82 Å². The second-order valence-electron chi connectivity index (χ2n) is 6.06. The molecular formula is C18H20N5OS+. The van der Waals surface area contributed by atoms with E-state index in [0.29, 0.717) is 17.6 Å². The highest BCUT2D eigenvalue weighted by Gasteiger charge is 2.12. The van der Waals surface area contributed by atoms with Gasteiger partial charge in [0, 0.05) is 41.8 Å². The highest BCUT2D eigenvalue weighted by molar-refractivity contribution is 7.95. The van der Waals surface area contributed by atoms with Crippen molar-refractivity contribution in [1.29, 1.82) is 0 Å². The standard InChI is InChI=1S/C18H20N5OS/c1-25(2)10-9-24-13-22-7-4-15-17-14(11-21-18(15)22)3-8-23(17)16-12-19-5-6-20-16/h3-8,11-12H,9-10,13H2,1-2H3/q+1. The van der Waals surface area contributed by atoms with Crippen LogP contribution < -0.4 is 0 Å². The molecule has 4 rings (SSSR count). The topological polar surface area (TPSA) is 57.8 Å². The summed E-state index contributed by atoms with van der Waals surface area (Å²) in [4.78, 5) is 13.2. The summed E-state index contributed by atoms with van der Waals surface area (Å²) in [5.41, 5.74) is 2.01. The Morgan fingerprint density at radius 1 is 1.08 bits per heavy atom. The first-order valence-corrected chi connectivity index (χ1v) is 10.3. The van der Waals surface area contributed by atoms with Crippen LogP contribution in [0.5, 0.6) is 0 Å². The van der Waals surface area contributed by atoms with Crippen LogP contribution in [0.4, 0.5) is 0 Å². The number of rotatable bonds is 6. The maximum absolute atomic E-state index is 5.81. The third-order valence-electron chi connectivity index (χ3n) is 4.10. The van der Waals surface area contributed by atoms with Gasteiger partial charge in [0.1, 0.15) is 18.1 Å². The second kappa shape index (κ2) is 6.85. The molecule has 0 saturated heterocycles. The molecule has 128 valence electrons. The van der Waals surface area contributed by atoms with Gasteiger partial charge in [-0.25, -0.2) is 9.97 Å². The second-order valence-corrected chi connectivity index (χ2v) is 8.44. The summed E-state index contributed by atoms with van der Waals surface area (Å²) in [5.74, 6) is 1.89. The van der Waals surface area contributed by atoms with Crippen LogP contribution in [0.2, 0.25) is 0 Å². The zero-order valence-electron chi connectivity index (χ0n) is 14.3. The number of hydrogen-bond donors (Lipinski definition) is 0. The fourth-order valence-electron chi connectivity index (χ4n) is 2.86. The molecule has 0 aromatic carbocycles. The lowest BCUT2D eigenvalue weighted by molar-refractivity contribution is 0.0924. The molecule has 0 bridgehead atoms. The first-order valence-electron chi connectivity index (χ1n) is 8.07. The molecule has 0 amide bonds. The number of aromatic nitrogens is 5. The summed E-state index contributed by atoms with van der Waals surface area (Å²) >= 11 is 0. The van der Waals surface area contributed by atoms with Gasteiger partial charge in [-0.3, -0.25) is 9.55 Å². The zero-order chi connectivity index (χ0) is 17.2. The van der Waals surface area contributed by atoms with Crippen molar-refractivity contribution in [2.24, 2.45) is 0 Å². The Hall–Kier alpha value is -2.38. The van der Waals surface area contributed by atoms with Crippen LogP contribution in [0.25, 0.3) is 27.8 Å². The number of ether oxygens (including phenoxy) is 1. The number of pyridine rings is 1. The molecule has 0 saturated carbocycles. The fraction of sp³-hybridized carbons (Fsp3) is 0.278. The minimum absolute atomic E-state index is 0.405. The van der Waals surface area contributed by atoms with Gasteiger partial charge < -0.3 is 9.30 Å². The molecule has 4 aromatic rings. The van der Waals surface area contributed by atoms with Gasteiger partial charge in [-0.2, -0.15) is 0 Å². The lowest BCUT2D eigenvalue weighted by Gasteiger charge is -2.07. The van der Waals surface area contributed by atoms with Gasteiger partial charge >= 0.3 is 0 Å². The number of fused-ring (bicyclic) bond motifs is 3. The Labute approximate surface area is 148 Å². The van der Waals surface area contributed by atoms with Gasteiger partial charge in [0.25, 0.3) is 0 Å². The van der Waals surface area contributed by atoms with Gasteiger partial charge in [-0.15, -0.1) is 0 Å². The first kappa shape index (κ1) is 16.1. The normalized spacial score (nSPS) is 11.8. The van der Waals surface area contributed by atoms with Gasteiger partial charge in [-0.05, 0) is 23.0 Å². The minimum atomic E-state index is 0.405. The molecule has 0 fully saturated rings. The van der Waals surface area contributed by atoms with Crippen molar-refractivity contribution < 1.29 is 4.74 Å². The molecule has 0 aliphatic heterocycles. The predicted molar refractivity (Wildman–Crippen MR) is 102 cm³/mol. The Kier molecular flexibility index (Phi) is 4.42. The minimum Gasteiger partial charge on any atom is -0.356 e. The third-order valence-corrected chi connectivity index (χ3v) is 5.08. The van der Waals surface area contributed by atoms with Crippen LogP contribution in [0, 0.1) is 0 Å². The van der Waals surface area contributed by atoms with E-state index in [1.54, 1.807) is 18.6 Å². The van der Waals surface area contributed by atoms with Crippen LogP contribution >= 0.6 is 0 Å². The maximum atomic E-state index is 5.81. The quantitative estimate of drug-likeness (QED) is 0.394. The Bertz CT molecular complexity index is 993. The van der Waals surface area contributed by atoms with Crippen LogP contribution in [0.15, 0.2) is 49.3 Å². The van der Waals surface area contributed by atoms with E-state index < -0.39 is 0 Å². The summed E-state index contributed by atoms with van der Waals surface area (Å²) < 4.78 is 9.91. The number of nitrogens with zero attached hydrogens (tertiary/aromatic N) is 5. The summed E-state index contributed by atoms with van der Waals surface area (Å²) in [6.45, 7) is 1.29. The van der Waals surface area contributed by atoms with Gasteiger partial charge in [-0.1, -0.05) is 0 Å². The predicted octanol–water partition coefficient (Wildman–Crippen LogP) is 2.62. The molecule has 6 nitrogen and oxygen atoms in total. The molecule has 4 aromatic heterocycles. The van der Waals surface area contributed by atoms with Crippen molar-refractivity contribution >= 4 is 32.8 Å². The van der Waals surface area contributed by atoms with E-state index in [2.05, 4.69) is 38.1 Å². The summed E-state index contributed by atoms with van der Waals surface area (Å²) in [6, 6.07) is 4.14. The molecule has 7 heteroatoms. The molecular weight excluding hydrogens is 334 g/mol. The average Bonchev–Trinajstić information content (AvgIpc) is 3.23. The molecule has 0 N–H and O–H groups in total. The van der Waals surface area contributed by atoms with Crippen molar-refractivity contribution in [2.45, 2.75) is 6.73 Å². The highest BCUT2D eigenvalue weighted by atomic mass is 32.2. The van der Waals surface area contributed by atoms with Crippen molar-refractivity contribution in [2.75, 3.05) is 24.9 Å². The van der Waals surface area contributed by atoms with Crippen molar-refractivity contribution in [3.05, 3.63) is 49.3 Å². The Morgan fingerprint density at radius 2 is 2.00 bits per heavy atom. The Morgan fingerprint density at radius 3 is 2.80 bits per heavy atom. The van der Waals surface area contributed by atoms with E-state index in [4.69, 9.17) is 4.74 Å². The molecule has 4 heterocycles. The summed E-state index contributed by atoms with van der Waals surface area (Å²) in [7, 11) is 0.405. The van der Waals surface area contributed by atoms with Crippen LogP contribution in [0.1, 0.15) is 0 Å². The van der Waals surface area contributed by atoms with E-state index in [1.807, 2.05) is 29.2 Å². The van der Waals surface area contributed by atoms with Crippen LogP contribution in [-0.4, -0.2) is 49.0 Å². The molecule has 0 aliphatic rings. The van der Waals surface area contributed by atoms with E-state index >= 15 is 0 Å². The smallest absolute Gasteiger partial charge is 0.155 e. The monoisotopic (exact) mass is 354 g/mol. The molecule has 25 heavy (non-hydrogen) atoms. The largest absolute Gasteiger partial charge is 0.356 e. The van der Waals surface area contributed by atoms with E-state index in [1.165, 1.54) is 0 Å². The molecule has 0 unspecified atom stereocenters. The van der Waals surface area contributed by atoms with Gasteiger partial charge in [0.15, 0.2) is 5.82 Å². The van der Waals surface area contributed by atoms with Crippen LogP contribution in [-0.2, 0) is 22.4 Å². The lowest BCUT2D eigenvalue weighted by atomic mass is 10.2. The molecule has 0 radical (unpaired) electrons. The SMILES string of the molecule is C[S+](C)CCOCn1ccc2c1ncc1ccn(-c3cnccn3)c12. The molecule has 0 spiro atoms. The molecule has 0 atom stereocenters. The van der Waals surface area contributed by atoms with Crippen molar-refractivity contribution in [3.63, 3.8) is 0 Å². The Balaban J connectivity index is 1.71. The van der Waals surface area contributed by atoms with E-state index in [9.17, 15) is 0 Å². The number of hydrogen-bond acceptors (Lipinski definition) is 4. The highest BCUT2D eigenvalue weighted by Crippen LogP contribution is 2.27. The fourth-order valence-corrected chi connectivity index (χ4v) is 3.31. The van der Waals surface area contributed by atoms with Gasteiger partial charge in [0.2, 0.25) is 0 Å².